The molecule has 0 saturated carbocycles. The first-order valence-corrected chi connectivity index (χ1v) is 14.3. The Labute approximate surface area is 224 Å². The Kier molecular flexibility index (Phi) is 20.0. The van der Waals surface area contributed by atoms with E-state index in [2.05, 4.69) is 6.92 Å². The van der Waals surface area contributed by atoms with E-state index in [1.165, 1.54) is 32.1 Å². The smallest absolute Gasteiger partial charge is 0.323 e. The van der Waals surface area contributed by atoms with E-state index in [-0.39, 0.29) is 19.5 Å². The first-order valence-electron chi connectivity index (χ1n) is 14.3. The van der Waals surface area contributed by atoms with Crippen molar-refractivity contribution in [3.63, 3.8) is 0 Å². The average molecular weight is 533 g/mol. The molecule has 4 unspecified atom stereocenters. The van der Waals surface area contributed by atoms with Gasteiger partial charge in [0, 0.05) is 13.1 Å². The first-order chi connectivity index (χ1) is 17.4. The predicted molar refractivity (Wildman–Crippen MR) is 146 cm³/mol. The van der Waals surface area contributed by atoms with Crippen molar-refractivity contribution in [1.29, 1.82) is 0 Å². The number of ether oxygens (including phenoxy) is 1. The third-order valence-corrected chi connectivity index (χ3v) is 6.41. The van der Waals surface area contributed by atoms with Gasteiger partial charge >= 0.3 is 11.9 Å². The van der Waals surface area contributed by atoms with Gasteiger partial charge in [-0.25, -0.2) is 0 Å². The second-order valence-electron chi connectivity index (χ2n) is 11.4. The van der Waals surface area contributed by atoms with E-state index in [1.54, 1.807) is 20.8 Å². The molecule has 0 aliphatic heterocycles. The van der Waals surface area contributed by atoms with Crippen LogP contribution in [0.15, 0.2) is 0 Å². The summed E-state index contributed by atoms with van der Waals surface area (Å²) in [7, 11) is 0. The van der Waals surface area contributed by atoms with E-state index >= 15 is 0 Å². The van der Waals surface area contributed by atoms with Crippen LogP contribution in [0, 0.1) is 5.92 Å². The summed E-state index contributed by atoms with van der Waals surface area (Å²) in [5.74, 6) is -1.93. The Morgan fingerprint density at radius 2 is 1.41 bits per heavy atom. The van der Waals surface area contributed by atoms with Crippen LogP contribution in [-0.2, 0) is 14.3 Å². The number of rotatable bonds is 23. The SMILES string of the molecule is CCCCCCCCCCC(CC(O)CN(CCCCC(N)C(=O)OC(C)(C)C)CC(O)CO)C(=O)O. The minimum Gasteiger partial charge on any atom is -0.481 e. The van der Waals surface area contributed by atoms with Crippen molar-refractivity contribution in [1.82, 2.24) is 4.90 Å². The fourth-order valence-corrected chi connectivity index (χ4v) is 4.38. The van der Waals surface area contributed by atoms with Gasteiger partial charge in [0.25, 0.3) is 0 Å². The summed E-state index contributed by atoms with van der Waals surface area (Å²) in [6, 6.07) is -0.714. The van der Waals surface area contributed by atoms with E-state index in [4.69, 9.17) is 10.5 Å². The summed E-state index contributed by atoms with van der Waals surface area (Å²) >= 11 is 0. The molecule has 9 nitrogen and oxygen atoms in total. The molecule has 0 amide bonds. The Hall–Kier alpha value is -1.26. The molecule has 0 aromatic carbocycles. The zero-order valence-corrected chi connectivity index (χ0v) is 23.9. The third kappa shape index (κ3) is 20.4. The van der Waals surface area contributed by atoms with Gasteiger partial charge in [-0.3, -0.25) is 14.5 Å². The van der Waals surface area contributed by atoms with Crippen molar-refractivity contribution in [2.75, 3.05) is 26.2 Å². The minimum atomic E-state index is -0.955. The number of esters is 1. The molecule has 0 bridgehead atoms. The molecule has 0 rings (SSSR count). The molecule has 0 aliphatic carbocycles. The summed E-state index contributed by atoms with van der Waals surface area (Å²) < 4.78 is 5.30. The van der Waals surface area contributed by atoms with Crippen molar-refractivity contribution < 1.29 is 34.8 Å². The van der Waals surface area contributed by atoms with Crippen molar-refractivity contribution in [2.45, 2.75) is 135 Å². The van der Waals surface area contributed by atoms with Crippen LogP contribution >= 0.6 is 0 Å². The molecule has 0 radical (unpaired) electrons. The van der Waals surface area contributed by atoms with E-state index in [0.717, 1.165) is 19.3 Å². The van der Waals surface area contributed by atoms with E-state index < -0.39 is 48.3 Å². The van der Waals surface area contributed by atoms with Gasteiger partial charge in [0.1, 0.15) is 11.6 Å². The number of aliphatic hydroxyl groups is 3. The molecule has 0 aromatic heterocycles. The van der Waals surface area contributed by atoms with E-state index in [1.807, 2.05) is 4.90 Å². The number of carboxylic acid groups (broad SMARTS) is 1. The average Bonchev–Trinajstić information content (AvgIpc) is 2.80. The van der Waals surface area contributed by atoms with Gasteiger partial charge in [-0.05, 0) is 53.0 Å². The quantitative estimate of drug-likeness (QED) is 0.0983. The summed E-state index contributed by atoms with van der Waals surface area (Å²) in [5.41, 5.74) is 5.34. The van der Waals surface area contributed by atoms with Crippen LogP contribution in [0.4, 0.5) is 0 Å². The predicted octanol–water partition coefficient (Wildman–Crippen LogP) is 3.46. The lowest BCUT2D eigenvalue weighted by Gasteiger charge is -2.28. The van der Waals surface area contributed by atoms with Gasteiger partial charge in [0.15, 0.2) is 0 Å². The highest BCUT2D eigenvalue weighted by molar-refractivity contribution is 5.75. The van der Waals surface area contributed by atoms with Gasteiger partial charge in [-0.2, -0.15) is 0 Å². The van der Waals surface area contributed by atoms with Crippen molar-refractivity contribution >= 4 is 11.9 Å². The molecule has 4 atom stereocenters. The molecule has 0 heterocycles. The monoisotopic (exact) mass is 532 g/mol. The maximum Gasteiger partial charge on any atom is 0.323 e. The maximum absolute atomic E-state index is 12.0. The summed E-state index contributed by atoms with van der Waals surface area (Å²) in [6.07, 6.45) is 9.79. The number of hydrogen-bond acceptors (Lipinski definition) is 8. The number of unbranched alkanes of at least 4 members (excludes halogenated alkanes) is 8. The highest BCUT2D eigenvalue weighted by atomic mass is 16.6. The molecule has 0 spiro atoms. The number of nitrogens with two attached hydrogens (primary N) is 1. The Morgan fingerprint density at radius 3 is 1.95 bits per heavy atom. The second kappa shape index (κ2) is 20.7. The number of carboxylic acids is 1. The lowest BCUT2D eigenvalue weighted by Crippen LogP contribution is -2.41. The summed E-state index contributed by atoms with van der Waals surface area (Å²) in [6.45, 7) is 8.06. The van der Waals surface area contributed by atoms with E-state index in [0.29, 0.717) is 32.2 Å². The lowest BCUT2D eigenvalue weighted by molar-refractivity contribution is -0.156. The van der Waals surface area contributed by atoms with Gasteiger partial charge in [-0.15, -0.1) is 0 Å². The first kappa shape index (κ1) is 35.7. The van der Waals surface area contributed by atoms with Crippen molar-refractivity contribution in [3.8, 4) is 0 Å². The second-order valence-corrected chi connectivity index (χ2v) is 11.4. The van der Waals surface area contributed by atoms with Gasteiger partial charge < -0.3 is 30.9 Å². The Bertz CT molecular complexity index is 598. The topological polar surface area (TPSA) is 154 Å². The molecular weight excluding hydrogens is 476 g/mol. The van der Waals surface area contributed by atoms with Crippen LogP contribution in [0.1, 0.15) is 111 Å². The fourth-order valence-electron chi connectivity index (χ4n) is 4.38. The highest BCUT2D eigenvalue weighted by Gasteiger charge is 2.24. The standard InChI is InChI=1S/C28H56N2O7/c1-5-6-7-8-9-10-11-12-15-22(26(34)35)18-23(32)19-30(20-24(33)21-31)17-14-13-16-25(29)27(36)37-28(2,3)4/h22-25,31-33H,5-21,29H2,1-4H3,(H,34,35). The number of aliphatic hydroxyl groups excluding tert-OH is 3. The van der Waals surface area contributed by atoms with Gasteiger partial charge in [0.05, 0.1) is 24.7 Å². The molecular formula is C28H56N2O7. The maximum atomic E-state index is 12.0. The number of nitrogens with zero attached hydrogens (tertiary/aromatic N) is 1. The Morgan fingerprint density at radius 1 is 0.865 bits per heavy atom. The normalized spacial score (nSPS) is 15.4. The summed E-state index contributed by atoms with van der Waals surface area (Å²) in [5, 5.41) is 39.4. The molecule has 0 saturated heterocycles. The fraction of sp³-hybridized carbons (Fsp3) is 0.929. The summed E-state index contributed by atoms with van der Waals surface area (Å²) in [4.78, 5) is 25.6. The van der Waals surface area contributed by atoms with Crippen LogP contribution in [-0.4, -0.2) is 87.4 Å². The largest absolute Gasteiger partial charge is 0.481 e. The van der Waals surface area contributed by atoms with Crippen LogP contribution in [0.3, 0.4) is 0 Å². The van der Waals surface area contributed by atoms with Crippen LogP contribution < -0.4 is 5.73 Å². The highest BCUT2D eigenvalue weighted by Crippen LogP contribution is 2.19. The minimum absolute atomic E-state index is 0.154. The molecule has 0 aromatic rings. The molecule has 9 heteroatoms. The zero-order chi connectivity index (χ0) is 28.3. The van der Waals surface area contributed by atoms with Crippen LogP contribution in [0.2, 0.25) is 0 Å². The number of aliphatic carboxylic acids is 1. The van der Waals surface area contributed by atoms with Crippen molar-refractivity contribution in [3.05, 3.63) is 0 Å². The Balaban J connectivity index is 4.55. The molecule has 0 aliphatic rings. The van der Waals surface area contributed by atoms with Crippen molar-refractivity contribution in [2.24, 2.45) is 11.7 Å². The number of carbonyl (C=O) groups is 2. The lowest BCUT2D eigenvalue weighted by atomic mass is 9.94. The molecule has 6 N–H and O–H groups in total. The zero-order valence-electron chi connectivity index (χ0n) is 23.9. The molecule has 0 fully saturated rings. The number of carbonyl (C=O) groups excluding carboxylic acids is 1. The number of hydrogen-bond donors (Lipinski definition) is 5. The third-order valence-electron chi connectivity index (χ3n) is 6.41. The molecule has 220 valence electrons. The van der Waals surface area contributed by atoms with Gasteiger partial charge in [0.2, 0.25) is 0 Å². The van der Waals surface area contributed by atoms with E-state index in [9.17, 15) is 30.0 Å². The van der Waals surface area contributed by atoms with Crippen LogP contribution in [0.25, 0.3) is 0 Å². The van der Waals surface area contributed by atoms with Crippen LogP contribution in [0.5, 0.6) is 0 Å². The molecule has 37 heavy (non-hydrogen) atoms. The van der Waals surface area contributed by atoms with Gasteiger partial charge in [-0.1, -0.05) is 64.7 Å².